The first-order valence-corrected chi connectivity index (χ1v) is 12.9. The van der Waals surface area contributed by atoms with Crippen molar-refractivity contribution in [1.29, 1.82) is 0 Å². The van der Waals surface area contributed by atoms with Gasteiger partial charge in [0.2, 0.25) is 11.8 Å². The Kier molecular flexibility index (Phi) is 7.42. The standard InChI is InChI=1S/C30H34N6O2/c1-34(2)16-7-10-25(37)35-17-15-24(19-35)36-29-27(28(31)32-20-33-29)26(30(36)38-3)23-13-11-22(12-14-23)18-21-8-5-4-6-9-21/h4-14,20,24H,15-19H2,1-3H3,(H2,31,32,33)/b10-7+/t24-/m1/s1. The van der Waals surface area contributed by atoms with Gasteiger partial charge in [0.25, 0.3) is 0 Å². The lowest BCUT2D eigenvalue weighted by atomic mass is 10.00. The first-order valence-electron chi connectivity index (χ1n) is 12.9. The molecule has 2 aromatic heterocycles. The minimum Gasteiger partial charge on any atom is -0.482 e. The first kappa shape index (κ1) is 25.5. The number of nitrogens with two attached hydrogens (primary N) is 1. The third kappa shape index (κ3) is 5.13. The molecule has 1 amide bonds. The van der Waals surface area contributed by atoms with Crippen molar-refractivity contribution in [3.05, 3.63) is 84.2 Å². The van der Waals surface area contributed by atoms with E-state index in [-0.39, 0.29) is 11.9 Å². The molecule has 1 saturated heterocycles. The zero-order chi connectivity index (χ0) is 26.6. The number of benzene rings is 2. The normalized spacial score (nSPS) is 15.7. The fourth-order valence-corrected chi connectivity index (χ4v) is 5.19. The van der Waals surface area contributed by atoms with E-state index in [4.69, 9.17) is 10.5 Å². The van der Waals surface area contributed by atoms with Crippen LogP contribution < -0.4 is 10.5 Å². The van der Waals surface area contributed by atoms with E-state index in [1.807, 2.05) is 36.0 Å². The van der Waals surface area contributed by atoms with Gasteiger partial charge in [0.05, 0.1) is 24.1 Å². The number of aromatic nitrogens is 3. The predicted molar refractivity (Wildman–Crippen MR) is 151 cm³/mol. The summed E-state index contributed by atoms with van der Waals surface area (Å²) in [5, 5.41) is 0.774. The molecule has 1 atom stereocenters. The molecule has 1 fully saturated rings. The molecule has 4 aromatic rings. The lowest BCUT2D eigenvalue weighted by molar-refractivity contribution is -0.125. The highest BCUT2D eigenvalue weighted by molar-refractivity contribution is 6.04. The molecule has 5 rings (SSSR count). The monoisotopic (exact) mass is 510 g/mol. The Balaban J connectivity index is 1.48. The SMILES string of the molecule is COc1c(-c2ccc(Cc3ccccc3)cc2)c2c(N)ncnc2n1[C@@H]1CCN(C(=O)/C=C/CN(C)C)C1. The van der Waals surface area contributed by atoms with Gasteiger partial charge in [-0.3, -0.25) is 9.36 Å². The number of amides is 1. The van der Waals surface area contributed by atoms with Crippen LogP contribution in [0.4, 0.5) is 5.82 Å². The van der Waals surface area contributed by atoms with Crippen molar-refractivity contribution in [3.8, 4) is 17.0 Å². The second-order valence-electron chi connectivity index (χ2n) is 9.96. The molecule has 196 valence electrons. The van der Waals surface area contributed by atoms with Crippen LogP contribution in [0.15, 0.2) is 73.1 Å². The number of carbonyl (C=O) groups excluding carboxylic acids is 1. The molecule has 0 bridgehead atoms. The zero-order valence-electron chi connectivity index (χ0n) is 22.2. The quantitative estimate of drug-likeness (QED) is 0.358. The maximum Gasteiger partial charge on any atom is 0.246 e. The fourth-order valence-electron chi connectivity index (χ4n) is 5.19. The minimum absolute atomic E-state index is 0.0130. The Bertz CT molecular complexity index is 1440. The Labute approximate surface area is 223 Å². The summed E-state index contributed by atoms with van der Waals surface area (Å²) in [5.74, 6) is 1.12. The lowest BCUT2D eigenvalue weighted by Crippen LogP contribution is -2.27. The van der Waals surface area contributed by atoms with Crippen molar-refractivity contribution >= 4 is 22.8 Å². The summed E-state index contributed by atoms with van der Waals surface area (Å²) in [6.45, 7) is 1.97. The first-order chi connectivity index (χ1) is 18.5. The number of nitrogen functional groups attached to an aromatic ring is 1. The van der Waals surface area contributed by atoms with Crippen LogP contribution in [-0.2, 0) is 11.2 Å². The minimum atomic E-state index is 0.0130. The number of anilines is 1. The third-order valence-corrected chi connectivity index (χ3v) is 7.03. The van der Waals surface area contributed by atoms with E-state index < -0.39 is 0 Å². The Morgan fingerprint density at radius 3 is 2.55 bits per heavy atom. The van der Waals surface area contributed by atoms with Gasteiger partial charge in [-0.25, -0.2) is 9.97 Å². The summed E-state index contributed by atoms with van der Waals surface area (Å²) in [7, 11) is 5.63. The molecule has 3 heterocycles. The van der Waals surface area contributed by atoms with Crippen molar-refractivity contribution in [2.24, 2.45) is 0 Å². The number of likely N-dealkylation sites (N-methyl/N-ethyl adjacent to an activating group) is 1. The van der Waals surface area contributed by atoms with E-state index in [0.29, 0.717) is 24.8 Å². The molecule has 1 aliphatic heterocycles. The largest absolute Gasteiger partial charge is 0.482 e. The van der Waals surface area contributed by atoms with Crippen LogP contribution in [-0.4, -0.2) is 71.1 Å². The summed E-state index contributed by atoms with van der Waals surface area (Å²) >= 11 is 0. The van der Waals surface area contributed by atoms with Crippen LogP contribution in [0.2, 0.25) is 0 Å². The van der Waals surface area contributed by atoms with Crippen LogP contribution in [0, 0.1) is 0 Å². The molecule has 0 saturated carbocycles. The van der Waals surface area contributed by atoms with E-state index >= 15 is 0 Å². The van der Waals surface area contributed by atoms with E-state index in [9.17, 15) is 4.79 Å². The Morgan fingerprint density at radius 1 is 1.11 bits per heavy atom. The molecule has 0 aliphatic carbocycles. The maximum absolute atomic E-state index is 12.8. The number of nitrogens with zero attached hydrogens (tertiary/aromatic N) is 5. The molecule has 8 heteroatoms. The van der Waals surface area contributed by atoms with Gasteiger partial charge in [0.15, 0.2) is 0 Å². The molecule has 0 radical (unpaired) electrons. The van der Waals surface area contributed by atoms with Crippen LogP contribution >= 0.6 is 0 Å². The Hall–Kier alpha value is -4.17. The lowest BCUT2D eigenvalue weighted by Gasteiger charge is -2.18. The number of carbonyl (C=O) groups is 1. The fraction of sp³-hybridized carbons (Fsp3) is 0.300. The van der Waals surface area contributed by atoms with Gasteiger partial charge in [-0.15, -0.1) is 0 Å². The molecule has 0 spiro atoms. The van der Waals surface area contributed by atoms with Gasteiger partial charge in [0, 0.05) is 25.7 Å². The number of fused-ring (bicyclic) bond motifs is 1. The molecule has 2 aromatic carbocycles. The van der Waals surface area contributed by atoms with E-state index in [1.54, 1.807) is 13.2 Å². The molecular weight excluding hydrogens is 476 g/mol. The number of methoxy groups -OCH3 is 1. The molecular formula is C30H34N6O2. The van der Waals surface area contributed by atoms with E-state index in [0.717, 1.165) is 41.5 Å². The summed E-state index contributed by atoms with van der Waals surface area (Å²) in [4.78, 5) is 25.6. The van der Waals surface area contributed by atoms with Gasteiger partial charge >= 0.3 is 0 Å². The number of rotatable bonds is 8. The summed E-state index contributed by atoms with van der Waals surface area (Å²) in [5.41, 5.74) is 11.5. The van der Waals surface area contributed by atoms with Crippen molar-refractivity contribution < 1.29 is 9.53 Å². The van der Waals surface area contributed by atoms with Crippen molar-refractivity contribution in [3.63, 3.8) is 0 Å². The van der Waals surface area contributed by atoms with Gasteiger partial charge in [-0.05, 0) is 43.6 Å². The summed E-state index contributed by atoms with van der Waals surface area (Å²) < 4.78 is 8.11. The molecule has 0 unspecified atom stereocenters. The smallest absolute Gasteiger partial charge is 0.246 e. The molecule has 38 heavy (non-hydrogen) atoms. The average Bonchev–Trinajstić information content (AvgIpc) is 3.53. The highest BCUT2D eigenvalue weighted by atomic mass is 16.5. The van der Waals surface area contributed by atoms with E-state index in [1.165, 1.54) is 17.5 Å². The molecule has 8 nitrogen and oxygen atoms in total. The second-order valence-corrected chi connectivity index (χ2v) is 9.96. The van der Waals surface area contributed by atoms with Gasteiger partial charge in [-0.2, -0.15) is 0 Å². The molecule has 1 aliphatic rings. The maximum atomic E-state index is 12.8. The number of ether oxygens (including phenoxy) is 1. The number of hydrogen-bond donors (Lipinski definition) is 1. The van der Waals surface area contributed by atoms with Gasteiger partial charge in [-0.1, -0.05) is 60.7 Å². The van der Waals surface area contributed by atoms with Crippen molar-refractivity contribution in [1.82, 2.24) is 24.3 Å². The highest BCUT2D eigenvalue weighted by Crippen LogP contribution is 2.44. The van der Waals surface area contributed by atoms with Gasteiger partial charge in [0.1, 0.15) is 17.8 Å². The number of hydrogen-bond acceptors (Lipinski definition) is 6. The summed E-state index contributed by atoms with van der Waals surface area (Å²) in [6, 6.07) is 18.9. The Morgan fingerprint density at radius 2 is 1.84 bits per heavy atom. The molecule has 2 N–H and O–H groups in total. The van der Waals surface area contributed by atoms with Crippen LogP contribution in [0.3, 0.4) is 0 Å². The predicted octanol–water partition coefficient (Wildman–Crippen LogP) is 4.17. The average molecular weight is 511 g/mol. The number of likely N-dealkylation sites (tertiary alicyclic amines) is 1. The van der Waals surface area contributed by atoms with Crippen molar-refractivity contribution in [2.45, 2.75) is 18.9 Å². The third-order valence-electron chi connectivity index (χ3n) is 7.03. The van der Waals surface area contributed by atoms with Crippen molar-refractivity contribution in [2.75, 3.05) is 46.6 Å². The van der Waals surface area contributed by atoms with E-state index in [2.05, 4.69) is 63.1 Å². The zero-order valence-corrected chi connectivity index (χ0v) is 22.2. The summed E-state index contributed by atoms with van der Waals surface area (Å²) in [6.07, 6.45) is 6.71. The second kappa shape index (κ2) is 11.1. The topological polar surface area (TPSA) is 89.5 Å². The van der Waals surface area contributed by atoms with Crippen LogP contribution in [0.5, 0.6) is 5.88 Å². The van der Waals surface area contributed by atoms with Crippen LogP contribution in [0.1, 0.15) is 23.6 Å². The van der Waals surface area contributed by atoms with Crippen LogP contribution in [0.25, 0.3) is 22.2 Å². The highest BCUT2D eigenvalue weighted by Gasteiger charge is 2.32. The van der Waals surface area contributed by atoms with Gasteiger partial charge < -0.3 is 20.3 Å².